The van der Waals surface area contributed by atoms with E-state index in [1.54, 1.807) is 6.07 Å². The SMILES string of the molecule is N#CC1(NCc2ccccc2)CCc2c(F)cccc21. The molecule has 0 fully saturated rings. The van der Waals surface area contributed by atoms with E-state index in [0.29, 0.717) is 24.9 Å². The molecule has 0 saturated carbocycles. The Hall–Kier alpha value is -2.18. The van der Waals surface area contributed by atoms with Crippen LogP contribution in [0.1, 0.15) is 23.1 Å². The lowest BCUT2D eigenvalue weighted by atomic mass is 9.93. The molecule has 0 spiro atoms. The molecule has 0 bridgehead atoms. The van der Waals surface area contributed by atoms with E-state index in [4.69, 9.17) is 0 Å². The molecule has 0 saturated heterocycles. The zero-order chi connectivity index (χ0) is 14.0. The summed E-state index contributed by atoms with van der Waals surface area (Å²) < 4.78 is 13.8. The number of fused-ring (bicyclic) bond motifs is 1. The van der Waals surface area contributed by atoms with Crippen molar-refractivity contribution in [3.8, 4) is 6.07 Å². The van der Waals surface area contributed by atoms with Gasteiger partial charge < -0.3 is 0 Å². The van der Waals surface area contributed by atoms with Gasteiger partial charge in [0.2, 0.25) is 0 Å². The lowest BCUT2D eigenvalue weighted by molar-refractivity contribution is 0.423. The van der Waals surface area contributed by atoms with Gasteiger partial charge in [0.1, 0.15) is 11.4 Å². The van der Waals surface area contributed by atoms with Gasteiger partial charge in [-0.05, 0) is 35.6 Å². The minimum Gasteiger partial charge on any atom is -0.292 e. The van der Waals surface area contributed by atoms with Gasteiger partial charge in [0.25, 0.3) is 0 Å². The van der Waals surface area contributed by atoms with Crippen molar-refractivity contribution in [3.05, 3.63) is 71.0 Å². The first-order valence-electron chi connectivity index (χ1n) is 6.73. The van der Waals surface area contributed by atoms with E-state index >= 15 is 0 Å². The molecule has 2 nitrogen and oxygen atoms in total. The molecule has 0 aliphatic heterocycles. The van der Waals surface area contributed by atoms with E-state index in [9.17, 15) is 9.65 Å². The average molecular weight is 266 g/mol. The normalized spacial score (nSPS) is 20.4. The van der Waals surface area contributed by atoms with Crippen molar-refractivity contribution in [2.75, 3.05) is 0 Å². The molecule has 0 amide bonds. The van der Waals surface area contributed by atoms with Crippen LogP contribution in [-0.2, 0) is 18.5 Å². The zero-order valence-electron chi connectivity index (χ0n) is 11.1. The Morgan fingerprint density at radius 2 is 1.95 bits per heavy atom. The number of benzene rings is 2. The molecule has 100 valence electrons. The highest BCUT2D eigenvalue weighted by Crippen LogP contribution is 2.37. The van der Waals surface area contributed by atoms with E-state index in [1.165, 1.54) is 6.07 Å². The maximum absolute atomic E-state index is 13.8. The first-order valence-corrected chi connectivity index (χ1v) is 6.73. The van der Waals surface area contributed by atoms with Crippen LogP contribution in [0.15, 0.2) is 48.5 Å². The zero-order valence-corrected chi connectivity index (χ0v) is 11.1. The number of hydrogen-bond acceptors (Lipinski definition) is 2. The summed E-state index contributed by atoms with van der Waals surface area (Å²) >= 11 is 0. The molecule has 1 N–H and O–H groups in total. The number of halogens is 1. The maximum Gasteiger partial charge on any atom is 0.133 e. The highest BCUT2D eigenvalue weighted by atomic mass is 19.1. The first-order chi connectivity index (χ1) is 9.75. The predicted octanol–water partition coefficient (Wildman–Crippen LogP) is 3.28. The Balaban J connectivity index is 1.88. The molecular formula is C17H15FN2. The van der Waals surface area contributed by atoms with Gasteiger partial charge >= 0.3 is 0 Å². The third-order valence-electron chi connectivity index (χ3n) is 3.96. The third kappa shape index (κ3) is 2.09. The second-order valence-corrected chi connectivity index (χ2v) is 5.12. The fourth-order valence-corrected chi connectivity index (χ4v) is 2.85. The van der Waals surface area contributed by atoms with Gasteiger partial charge in [-0.1, -0.05) is 42.5 Å². The van der Waals surface area contributed by atoms with Crippen LogP contribution in [0, 0.1) is 17.1 Å². The first kappa shape index (κ1) is 12.8. The molecule has 3 rings (SSSR count). The highest BCUT2D eigenvalue weighted by molar-refractivity contribution is 5.44. The number of rotatable bonds is 3. The van der Waals surface area contributed by atoms with Crippen LogP contribution in [0.3, 0.4) is 0 Å². The third-order valence-corrected chi connectivity index (χ3v) is 3.96. The van der Waals surface area contributed by atoms with E-state index in [0.717, 1.165) is 11.1 Å². The lowest BCUT2D eigenvalue weighted by Gasteiger charge is -2.24. The average Bonchev–Trinajstić information content (AvgIpc) is 2.87. The molecule has 2 aromatic carbocycles. The smallest absolute Gasteiger partial charge is 0.133 e. The van der Waals surface area contributed by atoms with Gasteiger partial charge in [-0.15, -0.1) is 0 Å². The number of nitrogens with zero attached hydrogens (tertiary/aromatic N) is 1. The van der Waals surface area contributed by atoms with Crippen molar-refractivity contribution in [1.29, 1.82) is 5.26 Å². The van der Waals surface area contributed by atoms with Crippen LogP contribution >= 0.6 is 0 Å². The summed E-state index contributed by atoms with van der Waals surface area (Å²) in [6.45, 7) is 0.602. The molecule has 1 aliphatic rings. The Morgan fingerprint density at radius 3 is 2.70 bits per heavy atom. The summed E-state index contributed by atoms with van der Waals surface area (Å²) in [5.74, 6) is -0.207. The minimum atomic E-state index is -0.771. The summed E-state index contributed by atoms with van der Waals surface area (Å²) in [6, 6.07) is 17.3. The Morgan fingerprint density at radius 1 is 1.15 bits per heavy atom. The molecule has 2 aromatic rings. The molecule has 1 unspecified atom stereocenters. The van der Waals surface area contributed by atoms with Crippen molar-refractivity contribution < 1.29 is 4.39 Å². The summed E-state index contributed by atoms with van der Waals surface area (Å²) in [5, 5.41) is 12.9. The van der Waals surface area contributed by atoms with E-state index in [-0.39, 0.29) is 5.82 Å². The summed E-state index contributed by atoms with van der Waals surface area (Å²) in [4.78, 5) is 0. The van der Waals surface area contributed by atoms with Gasteiger partial charge in [0.05, 0.1) is 6.07 Å². The highest BCUT2D eigenvalue weighted by Gasteiger charge is 2.39. The molecule has 1 aliphatic carbocycles. The van der Waals surface area contributed by atoms with E-state index in [1.807, 2.05) is 36.4 Å². The summed E-state index contributed by atoms with van der Waals surface area (Å²) in [5.41, 5.74) is 1.81. The molecule has 0 radical (unpaired) electrons. The monoisotopic (exact) mass is 266 g/mol. The van der Waals surface area contributed by atoms with E-state index in [2.05, 4.69) is 11.4 Å². The largest absolute Gasteiger partial charge is 0.292 e. The molecule has 0 heterocycles. The second-order valence-electron chi connectivity index (χ2n) is 5.12. The van der Waals surface area contributed by atoms with Crippen molar-refractivity contribution in [3.63, 3.8) is 0 Å². The van der Waals surface area contributed by atoms with Crippen molar-refractivity contribution in [2.45, 2.75) is 24.9 Å². The number of nitriles is 1. The standard InChI is InChI=1S/C17H15FN2/c18-16-8-4-7-15-14(16)9-10-17(15,12-19)20-11-13-5-2-1-3-6-13/h1-8,20H,9-11H2. The van der Waals surface area contributed by atoms with Crippen LogP contribution in [0.2, 0.25) is 0 Å². The molecule has 20 heavy (non-hydrogen) atoms. The van der Waals surface area contributed by atoms with Crippen LogP contribution in [-0.4, -0.2) is 0 Å². The Bertz CT molecular complexity index is 660. The quantitative estimate of drug-likeness (QED) is 0.925. The molecule has 3 heteroatoms. The van der Waals surface area contributed by atoms with Crippen LogP contribution < -0.4 is 5.32 Å². The van der Waals surface area contributed by atoms with Gasteiger partial charge in [0.15, 0.2) is 0 Å². The summed E-state index contributed by atoms with van der Waals surface area (Å²) in [6.07, 6.45) is 1.23. The molecule has 1 atom stereocenters. The van der Waals surface area contributed by atoms with Crippen LogP contribution in [0.5, 0.6) is 0 Å². The van der Waals surface area contributed by atoms with Crippen molar-refractivity contribution in [2.24, 2.45) is 0 Å². The van der Waals surface area contributed by atoms with Gasteiger partial charge in [0, 0.05) is 6.54 Å². The fraction of sp³-hybridized carbons (Fsp3) is 0.235. The Kier molecular flexibility index (Phi) is 3.25. The van der Waals surface area contributed by atoms with Gasteiger partial charge in [-0.3, -0.25) is 5.32 Å². The predicted molar refractivity (Wildman–Crippen MR) is 75.3 cm³/mol. The minimum absolute atomic E-state index is 0.207. The van der Waals surface area contributed by atoms with Crippen LogP contribution in [0.25, 0.3) is 0 Å². The molecular weight excluding hydrogens is 251 g/mol. The number of hydrogen-bond donors (Lipinski definition) is 1. The van der Waals surface area contributed by atoms with Crippen LogP contribution in [0.4, 0.5) is 4.39 Å². The second kappa shape index (κ2) is 5.07. The van der Waals surface area contributed by atoms with Crippen molar-refractivity contribution >= 4 is 0 Å². The van der Waals surface area contributed by atoms with E-state index < -0.39 is 5.54 Å². The van der Waals surface area contributed by atoms with Gasteiger partial charge in [-0.25, -0.2) is 4.39 Å². The number of nitrogens with one attached hydrogen (secondary N) is 1. The van der Waals surface area contributed by atoms with Gasteiger partial charge in [-0.2, -0.15) is 5.26 Å². The summed E-state index contributed by atoms with van der Waals surface area (Å²) in [7, 11) is 0. The topological polar surface area (TPSA) is 35.8 Å². The maximum atomic E-state index is 13.8. The molecule has 0 aromatic heterocycles. The lowest BCUT2D eigenvalue weighted by Crippen LogP contribution is -2.38. The Labute approximate surface area is 117 Å². The fourth-order valence-electron chi connectivity index (χ4n) is 2.85. The van der Waals surface area contributed by atoms with Crippen molar-refractivity contribution in [1.82, 2.24) is 5.32 Å².